The number of carbonyl (C=O) groups is 1. The number of likely N-dealkylation sites (tertiary alicyclic amines) is 1. The fraction of sp³-hybridized carbons (Fsp3) is 0.476. The number of nitrogens with zero attached hydrogens (tertiary/aromatic N) is 2. The fourth-order valence-corrected chi connectivity index (χ4v) is 4.58. The molecular formula is C21H29N3OS. The van der Waals surface area contributed by atoms with Gasteiger partial charge in [0.05, 0.1) is 0 Å². The number of hydrogen-bond donors (Lipinski definition) is 1. The summed E-state index contributed by atoms with van der Waals surface area (Å²) >= 11 is 1.92. The van der Waals surface area contributed by atoms with Crippen LogP contribution in [-0.4, -0.2) is 35.0 Å². The SMILES string of the molecule is CCc1ccc(CN2CCC(N(Cc3ccc(C)cc3)C(N)=O)CC2)s1. The molecule has 0 unspecified atom stereocenters. The second kappa shape index (κ2) is 8.69. The van der Waals surface area contributed by atoms with Gasteiger partial charge in [-0.25, -0.2) is 4.79 Å². The Balaban J connectivity index is 1.55. The highest BCUT2D eigenvalue weighted by Gasteiger charge is 2.27. The molecule has 1 aromatic heterocycles. The molecule has 3 rings (SSSR count). The number of urea groups is 1. The lowest BCUT2D eigenvalue weighted by atomic mass is 10.0. The number of carbonyl (C=O) groups excluding carboxylic acids is 1. The third-order valence-electron chi connectivity index (χ3n) is 5.20. The Hall–Kier alpha value is -1.85. The number of hydrogen-bond acceptors (Lipinski definition) is 3. The number of aryl methyl sites for hydroxylation is 2. The van der Waals surface area contributed by atoms with E-state index in [2.05, 4.69) is 55.1 Å². The first kappa shape index (κ1) is 18.9. The summed E-state index contributed by atoms with van der Waals surface area (Å²) in [6.45, 7) is 7.93. The first-order chi connectivity index (χ1) is 12.5. The Morgan fingerprint density at radius 1 is 1.15 bits per heavy atom. The van der Waals surface area contributed by atoms with Crippen LogP contribution in [0.1, 0.15) is 40.6 Å². The summed E-state index contributed by atoms with van der Waals surface area (Å²) in [6, 6.07) is 12.8. The molecule has 2 amide bonds. The quantitative estimate of drug-likeness (QED) is 0.829. The van der Waals surface area contributed by atoms with E-state index in [4.69, 9.17) is 5.73 Å². The van der Waals surface area contributed by atoms with Crippen LogP contribution in [0.25, 0.3) is 0 Å². The van der Waals surface area contributed by atoms with Crippen LogP contribution < -0.4 is 5.73 Å². The molecule has 1 fully saturated rings. The molecule has 0 radical (unpaired) electrons. The van der Waals surface area contributed by atoms with Crippen molar-refractivity contribution in [2.45, 2.75) is 52.2 Å². The van der Waals surface area contributed by atoms with Gasteiger partial charge in [0.1, 0.15) is 0 Å². The zero-order valence-electron chi connectivity index (χ0n) is 15.8. The first-order valence-corrected chi connectivity index (χ1v) is 10.3. The normalized spacial score (nSPS) is 15.9. The molecule has 0 spiro atoms. The Kier molecular flexibility index (Phi) is 6.33. The number of amides is 2. The summed E-state index contributed by atoms with van der Waals surface area (Å²) in [5.41, 5.74) is 8.07. The standard InChI is InChI=1S/C21H29N3OS/c1-3-19-8-9-20(26-19)15-23-12-10-18(11-13-23)24(21(22)25)14-17-6-4-16(2)5-7-17/h4-9,18H,3,10-15H2,1-2H3,(H2,22,25). The van der Waals surface area contributed by atoms with E-state index in [-0.39, 0.29) is 12.1 Å². The molecule has 140 valence electrons. The van der Waals surface area contributed by atoms with Crippen molar-refractivity contribution in [2.24, 2.45) is 5.73 Å². The van der Waals surface area contributed by atoms with E-state index in [0.717, 1.165) is 44.5 Å². The molecule has 26 heavy (non-hydrogen) atoms. The van der Waals surface area contributed by atoms with Crippen LogP contribution >= 0.6 is 11.3 Å². The average Bonchev–Trinajstić information content (AvgIpc) is 3.09. The van der Waals surface area contributed by atoms with Gasteiger partial charge in [0.25, 0.3) is 0 Å². The van der Waals surface area contributed by atoms with Crippen LogP contribution in [0.2, 0.25) is 0 Å². The summed E-state index contributed by atoms with van der Waals surface area (Å²) in [5.74, 6) is 0. The van der Waals surface area contributed by atoms with Gasteiger partial charge in [0.2, 0.25) is 0 Å². The van der Waals surface area contributed by atoms with E-state index in [0.29, 0.717) is 6.54 Å². The van der Waals surface area contributed by atoms with E-state index >= 15 is 0 Å². The third-order valence-corrected chi connectivity index (χ3v) is 6.41. The van der Waals surface area contributed by atoms with E-state index in [9.17, 15) is 4.79 Å². The van der Waals surface area contributed by atoms with Gasteiger partial charge in [0.15, 0.2) is 0 Å². The van der Waals surface area contributed by atoms with Crippen molar-refractivity contribution in [1.82, 2.24) is 9.80 Å². The molecule has 2 N–H and O–H groups in total. The average molecular weight is 372 g/mol. The lowest BCUT2D eigenvalue weighted by Crippen LogP contribution is -2.48. The van der Waals surface area contributed by atoms with Gasteiger partial charge in [-0.2, -0.15) is 0 Å². The topological polar surface area (TPSA) is 49.6 Å². The highest BCUT2D eigenvalue weighted by atomic mass is 32.1. The Bertz CT molecular complexity index is 717. The van der Waals surface area contributed by atoms with Gasteiger partial charge in [-0.3, -0.25) is 4.90 Å². The van der Waals surface area contributed by atoms with Gasteiger partial charge < -0.3 is 10.6 Å². The molecule has 1 saturated heterocycles. The summed E-state index contributed by atoms with van der Waals surface area (Å²) in [6.07, 6.45) is 3.08. The predicted molar refractivity (Wildman–Crippen MR) is 108 cm³/mol. The molecule has 1 aliphatic heterocycles. The van der Waals surface area contributed by atoms with E-state index in [1.54, 1.807) is 0 Å². The molecule has 0 atom stereocenters. The van der Waals surface area contributed by atoms with Crippen molar-refractivity contribution < 1.29 is 4.79 Å². The smallest absolute Gasteiger partial charge is 0.315 e. The number of primary amides is 1. The Labute approximate surface area is 160 Å². The first-order valence-electron chi connectivity index (χ1n) is 9.46. The van der Waals surface area contributed by atoms with Gasteiger partial charge >= 0.3 is 6.03 Å². The van der Waals surface area contributed by atoms with Gasteiger partial charge in [0, 0.05) is 42.0 Å². The minimum atomic E-state index is -0.310. The molecule has 4 nitrogen and oxygen atoms in total. The highest BCUT2D eigenvalue weighted by molar-refractivity contribution is 7.11. The molecule has 1 aliphatic rings. The predicted octanol–water partition coefficient (Wildman–Crippen LogP) is 4.16. The maximum atomic E-state index is 12.0. The molecule has 0 aliphatic carbocycles. The van der Waals surface area contributed by atoms with Crippen molar-refractivity contribution >= 4 is 17.4 Å². The highest BCUT2D eigenvalue weighted by Crippen LogP contribution is 2.23. The van der Waals surface area contributed by atoms with Crippen molar-refractivity contribution in [1.29, 1.82) is 0 Å². The Morgan fingerprint density at radius 3 is 2.38 bits per heavy atom. The van der Waals surface area contributed by atoms with E-state index in [1.165, 1.54) is 15.3 Å². The van der Waals surface area contributed by atoms with Crippen LogP contribution in [0.3, 0.4) is 0 Å². The zero-order chi connectivity index (χ0) is 18.5. The second-order valence-electron chi connectivity index (χ2n) is 7.18. The van der Waals surface area contributed by atoms with Crippen molar-refractivity contribution in [3.05, 3.63) is 57.3 Å². The largest absolute Gasteiger partial charge is 0.351 e. The fourth-order valence-electron chi connectivity index (χ4n) is 3.58. The second-order valence-corrected chi connectivity index (χ2v) is 8.43. The lowest BCUT2D eigenvalue weighted by Gasteiger charge is -2.37. The van der Waals surface area contributed by atoms with Gasteiger partial charge in [-0.1, -0.05) is 36.8 Å². The number of benzene rings is 1. The number of rotatable bonds is 6. The van der Waals surface area contributed by atoms with Crippen LogP contribution in [-0.2, 0) is 19.5 Å². The summed E-state index contributed by atoms with van der Waals surface area (Å²) in [5, 5.41) is 0. The molecule has 2 heterocycles. The minimum Gasteiger partial charge on any atom is -0.351 e. The van der Waals surface area contributed by atoms with Gasteiger partial charge in [-0.05, 0) is 43.9 Å². The van der Waals surface area contributed by atoms with Gasteiger partial charge in [-0.15, -0.1) is 11.3 Å². The van der Waals surface area contributed by atoms with E-state index < -0.39 is 0 Å². The summed E-state index contributed by atoms with van der Waals surface area (Å²) in [4.78, 5) is 19.2. The van der Waals surface area contributed by atoms with Crippen molar-refractivity contribution in [2.75, 3.05) is 13.1 Å². The summed E-state index contributed by atoms with van der Waals surface area (Å²) in [7, 11) is 0. The molecule has 2 aromatic rings. The van der Waals surface area contributed by atoms with Crippen LogP contribution in [0.15, 0.2) is 36.4 Å². The maximum Gasteiger partial charge on any atom is 0.315 e. The number of piperidine rings is 1. The van der Waals surface area contributed by atoms with Crippen molar-refractivity contribution in [3.63, 3.8) is 0 Å². The van der Waals surface area contributed by atoms with Crippen LogP contribution in [0.5, 0.6) is 0 Å². The van der Waals surface area contributed by atoms with E-state index in [1.807, 2.05) is 16.2 Å². The van der Waals surface area contributed by atoms with Crippen LogP contribution in [0.4, 0.5) is 4.79 Å². The molecule has 0 bridgehead atoms. The summed E-state index contributed by atoms with van der Waals surface area (Å²) < 4.78 is 0. The number of thiophene rings is 1. The molecule has 1 aromatic carbocycles. The van der Waals surface area contributed by atoms with Crippen LogP contribution in [0, 0.1) is 6.92 Å². The molecular weight excluding hydrogens is 342 g/mol. The van der Waals surface area contributed by atoms with Crippen molar-refractivity contribution in [3.8, 4) is 0 Å². The molecule has 5 heteroatoms. The number of nitrogens with two attached hydrogens (primary N) is 1. The minimum absolute atomic E-state index is 0.236. The Morgan fingerprint density at radius 2 is 1.81 bits per heavy atom. The molecule has 0 saturated carbocycles. The zero-order valence-corrected chi connectivity index (χ0v) is 16.6. The monoisotopic (exact) mass is 371 g/mol. The maximum absolute atomic E-state index is 12.0. The lowest BCUT2D eigenvalue weighted by molar-refractivity contribution is 0.118. The third kappa shape index (κ3) is 4.86.